The highest BCUT2D eigenvalue weighted by Crippen LogP contribution is 2.45. The topological polar surface area (TPSA) is 80.3 Å². The molecule has 2 aliphatic heterocycles. The summed E-state index contributed by atoms with van der Waals surface area (Å²) in [4.78, 5) is 14.3. The molecule has 0 aromatic heterocycles. The van der Waals surface area contributed by atoms with E-state index in [1.807, 2.05) is 4.90 Å². The molecule has 2 bridgehead atoms. The molecular formula is C18H26N2O5. The summed E-state index contributed by atoms with van der Waals surface area (Å²) in [7, 11) is 3.17. The number of amides is 2. The van der Waals surface area contributed by atoms with Gasteiger partial charge < -0.3 is 29.5 Å². The summed E-state index contributed by atoms with van der Waals surface area (Å²) in [5.74, 6) is 1.92. The van der Waals surface area contributed by atoms with E-state index in [4.69, 9.17) is 14.2 Å². The predicted molar refractivity (Wildman–Crippen MR) is 92.4 cm³/mol. The lowest BCUT2D eigenvalue weighted by Gasteiger charge is -2.33. The first-order valence-electron chi connectivity index (χ1n) is 8.66. The number of urea groups is 1. The number of hydrogen-bond donors (Lipinski definition) is 2. The van der Waals surface area contributed by atoms with Crippen LogP contribution in [-0.2, 0) is 0 Å². The molecule has 3 rings (SSSR count). The molecule has 2 aliphatic rings. The highest BCUT2D eigenvalue weighted by Gasteiger charge is 2.53. The van der Waals surface area contributed by atoms with Crippen LogP contribution in [0.3, 0.4) is 0 Å². The molecule has 2 fully saturated rings. The van der Waals surface area contributed by atoms with Crippen molar-refractivity contribution >= 4 is 6.03 Å². The Balaban J connectivity index is 1.50. The monoisotopic (exact) mass is 350 g/mol. The van der Waals surface area contributed by atoms with Gasteiger partial charge in [0.25, 0.3) is 0 Å². The number of nitrogens with one attached hydrogen (secondary N) is 1. The van der Waals surface area contributed by atoms with Crippen molar-refractivity contribution in [3.63, 3.8) is 0 Å². The predicted octanol–water partition coefficient (Wildman–Crippen LogP) is 1.78. The highest BCUT2D eigenvalue weighted by molar-refractivity contribution is 5.76. The number of nitrogens with zero attached hydrogens (tertiary/aromatic N) is 1. The lowest BCUT2D eigenvalue weighted by atomic mass is 9.89. The number of aliphatic hydroxyl groups is 1. The zero-order valence-electron chi connectivity index (χ0n) is 14.8. The molecule has 0 unspecified atom stereocenters. The molecule has 1 aromatic carbocycles. The van der Waals surface area contributed by atoms with Crippen molar-refractivity contribution in [2.24, 2.45) is 0 Å². The van der Waals surface area contributed by atoms with E-state index in [0.717, 1.165) is 25.7 Å². The average Bonchev–Trinajstić information content (AvgIpc) is 3.21. The lowest BCUT2D eigenvalue weighted by Crippen LogP contribution is -2.52. The van der Waals surface area contributed by atoms with Gasteiger partial charge in [-0.3, -0.25) is 0 Å². The highest BCUT2D eigenvalue weighted by atomic mass is 16.5. The number of fused-ring (bicyclic) bond motifs is 2. The van der Waals surface area contributed by atoms with E-state index in [1.165, 1.54) is 0 Å². The fourth-order valence-corrected chi connectivity index (χ4v) is 3.92. The SMILES string of the molecule is COc1cc(OC)cc(OCCNC(=O)N2C3CCC2(CO)CC3)c1. The van der Waals surface area contributed by atoms with Gasteiger partial charge in [-0.25, -0.2) is 4.79 Å². The number of rotatable bonds is 7. The van der Waals surface area contributed by atoms with Gasteiger partial charge in [0.05, 0.1) is 32.9 Å². The third-order valence-corrected chi connectivity index (χ3v) is 5.25. The number of ether oxygens (including phenoxy) is 3. The van der Waals surface area contributed by atoms with Crippen molar-refractivity contribution in [3.8, 4) is 17.2 Å². The molecule has 0 atom stereocenters. The Labute approximate surface area is 147 Å². The van der Waals surface area contributed by atoms with Gasteiger partial charge in [-0.1, -0.05) is 0 Å². The van der Waals surface area contributed by atoms with E-state index in [0.29, 0.717) is 30.4 Å². The van der Waals surface area contributed by atoms with Crippen molar-refractivity contribution in [1.29, 1.82) is 0 Å². The normalized spacial score (nSPS) is 24.3. The Morgan fingerprint density at radius 2 is 1.80 bits per heavy atom. The fraction of sp³-hybridized carbons (Fsp3) is 0.611. The molecule has 7 nitrogen and oxygen atoms in total. The van der Waals surface area contributed by atoms with Crippen molar-refractivity contribution in [2.75, 3.05) is 34.0 Å². The van der Waals surface area contributed by atoms with E-state index in [2.05, 4.69) is 5.32 Å². The Bertz CT molecular complexity index is 591. The third kappa shape index (κ3) is 3.46. The summed E-state index contributed by atoms with van der Waals surface area (Å²) in [6.07, 6.45) is 3.74. The van der Waals surface area contributed by atoms with Gasteiger partial charge in [0, 0.05) is 24.2 Å². The van der Waals surface area contributed by atoms with Gasteiger partial charge in [0.1, 0.15) is 23.9 Å². The minimum absolute atomic E-state index is 0.0387. The van der Waals surface area contributed by atoms with Crippen LogP contribution in [0.1, 0.15) is 25.7 Å². The van der Waals surface area contributed by atoms with Crippen LogP contribution in [-0.4, -0.2) is 61.6 Å². The van der Waals surface area contributed by atoms with Gasteiger partial charge in [-0.05, 0) is 25.7 Å². The molecule has 138 valence electrons. The van der Waals surface area contributed by atoms with Crippen LogP contribution in [0.2, 0.25) is 0 Å². The van der Waals surface area contributed by atoms with E-state index < -0.39 is 0 Å². The summed E-state index contributed by atoms with van der Waals surface area (Å²) in [6.45, 7) is 0.771. The Kier molecular flexibility index (Phi) is 5.22. The number of carbonyl (C=O) groups excluding carboxylic acids is 1. The van der Waals surface area contributed by atoms with Crippen LogP contribution in [0, 0.1) is 0 Å². The van der Waals surface area contributed by atoms with Crippen molar-refractivity contribution in [1.82, 2.24) is 10.2 Å². The number of methoxy groups -OCH3 is 2. The second-order valence-electron chi connectivity index (χ2n) is 6.61. The summed E-state index contributed by atoms with van der Waals surface area (Å²) >= 11 is 0. The zero-order valence-corrected chi connectivity index (χ0v) is 14.8. The number of hydrogen-bond acceptors (Lipinski definition) is 5. The quantitative estimate of drug-likeness (QED) is 0.733. The molecule has 2 saturated heterocycles. The van der Waals surface area contributed by atoms with Crippen LogP contribution < -0.4 is 19.5 Å². The molecule has 0 spiro atoms. The zero-order chi connectivity index (χ0) is 17.9. The molecule has 2 N–H and O–H groups in total. The smallest absolute Gasteiger partial charge is 0.318 e. The first kappa shape index (κ1) is 17.7. The molecule has 7 heteroatoms. The average molecular weight is 350 g/mol. The van der Waals surface area contributed by atoms with E-state index >= 15 is 0 Å². The summed E-state index contributed by atoms with van der Waals surface area (Å²) in [6, 6.07) is 5.46. The maximum Gasteiger partial charge on any atom is 0.318 e. The number of carbonyl (C=O) groups is 1. The first-order chi connectivity index (χ1) is 12.1. The summed E-state index contributed by atoms with van der Waals surface area (Å²) in [5, 5.41) is 12.6. The van der Waals surface area contributed by atoms with Crippen LogP contribution in [0.25, 0.3) is 0 Å². The molecular weight excluding hydrogens is 324 g/mol. The number of aliphatic hydroxyl groups excluding tert-OH is 1. The van der Waals surface area contributed by atoms with Gasteiger partial charge in [-0.15, -0.1) is 0 Å². The van der Waals surface area contributed by atoms with E-state index in [-0.39, 0.29) is 24.2 Å². The molecule has 0 aliphatic carbocycles. The van der Waals surface area contributed by atoms with Crippen molar-refractivity contribution in [3.05, 3.63) is 18.2 Å². The van der Waals surface area contributed by atoms with Crippen molar-refractivity contribution < 1.29 is 24.1 Å². The molecule has 2 heterocycles. The van der Waals surface area contributed by atoms with E-state index in [9.17, 15) is 9.90 Å². The van der Waals surface area contributed by atoms with Gasteiger partial charge in [0.15, 0.2) is 0 Å². The van der Waals surface area contributed by atoms with Crippen LogP contribution in [0.15, 0.2) is 18.2 Å². The molecule has 25 heavy (non-hydrogen) atoms. The van der Waals surface area contributed by atoms with Gasteiger partial charge in [0.2, 0.25) is 0 Å². The first-order valence-corrected chi connectivity index (χ1v) is 8.66. The summed E-state index contributed by atoms with van der Waals surface area (Å²) in [5.41, 5.74) is -0.351. The minimum Gasteiger partial charge on any atom is -0.496 e. The molecule has 0 saturated carbocycles. The third-order valence-electron chi connectivity index (χ3n) is 5.25. The van der Waals surface area contributed by atoms with Crippen LogP contribution >= 0.6 is 0 Å². The second-order valence-corrected chi connectivity index (χ2v) is 6.61. The Morgan fingerprint density at radius 1 is 1.20 bits per heavy atom. The largest absolute Gasteiger partial charge is 0.496 e. The Morgan fingerprint density at radius 3 is 2.36 bits per heavy atom. The minimum atomic E-state index is -0.351. The summed E-state index contributed by atoms with van der Waals surface area (Å²) < 4.78 is 16.1. The standard InChI is InChI=1S/C18H26N2O5/c1-23-14-9-15(24-2)11-16(10-14)25-8-7-19-17(22)20-13-3-5-18(20,12-21)6-4-13/h9-11,13,21H,3-8,12H2,1-2H3,(H,19,22). The van der Waals surface area contributed by atoms with Crippen molar-refractivity contribution in [2.45, 2.75) is 37.3 Å². The van der Waals surface area contributed by atoms with Gasteiger partial charge >= 0.3 is 6.03 Å². The number of benzene rings is 1. The van der Waals surface area contributed by atoms with Crippen LogP contribution in [0.4, 0.5) is 4.79 Å². The fourth-order valence-electron chi connectivity index (χ4n) is 3.92. The van der Waals surface area contributed by atoms with Crippen LogP contribution in [0.5, 0.6) is 17.2 Å². The second kappa shape index (κ2) is 7.39. The lowest BCUT2D eigenvalue weighted by molar-refractivity contribution is 0.0961. The molecule has 1 aromatic rings. The van der Waals surface area contributed by atoms with E-state index in [1.54, 1.807) is 32.4 Å². The molecule has 0 radical (unpaired) electrons. The maximum atomic E-state index is 12.5. The Hall–Kier alpha value is -2.15. The maximum absolute atomic E-state index is 12.5. The van der Waals surface area contributed by atoms with Gasteiger partial charge in [-0.2, -0.15) is 0 Å². The molecule has 2 amide bonds.